The number of phenols is 1. The van der Waals surface area contributed by atoms with Gasteiger partial charge in [-0.1, -0.05) is 6.42 Å². The molecular weight excluding hydrogens is 266 g/mol. The van der Waals surface area contributed by atoms with Crippen molar-refractivity contribution < 1.29 is 14.6 Å². The van der Waals surface area contributed by atoms with Gasteiger partial charge in [-0.05, 0) is 45.1 Å². The van der Waals surface area contributed by atoms with Crippen molar-refractivity contribution in [3.63, 3.8) is 0 Å². The van der Waals surface area contributed by atoms with E-state index in [0.717, 1.165) is 62.3 Å². The van der Waals surface area contributed by atoms with Gasteiger partial charge in [-0.3, -0.25) is 0 Å². The summed E-state index contributed by atoms with van der Waals surface area (Å²) in [6, 6.07) is 0.349. The van der Waals surface area contributed by atoms with Crippen LogP contribution in [0.3, 0.4) is 0 Å². The number of hydrogen-bond donors (Lipinski definition) is 2. The summed E-state index contributed by atoms with van der Waals surface area (Å²) in [5, 5.41) is 14.2. The molecule has 1 aromatic rings. The highest BCUT2D eigenvalue weighted by atomic mass is 16.5. The lowest BCUT2D eigenvalue weighted by molar-refractivity contribution is 0.248. The maximum absolute atomic E-state index is 10.6. The molecule has 3 aliphatic rings. The van der Waals surface area contributed by atoms with Crippen molar-refractivity contribution in [3.05, 3.63) is 16.7 Å². The lowest BCUT2D eigenvalue weighted by Crippen LogP contribution is -2.30. The summed E-state index contributed by atoms with van der Waals surface area (Å²) in [6.07, 6.45) is 7.50. The minimum atomic E-state index is 0.332. The molecule has 0 amide bonds. The zero-order valence-electron chi connectivity index (χ0n) is 12.4. The van der Waals surface area contributed by atoms with Gasteiger partial charge in [0.25, 0.3) is 0 Å². The number of benzene rings is 1. The Bertz CT molecular complexity index is 512. The first-order valence-electron chi connectivity index (χ1n) is 8.26. The summed E-state index contributed by atoms with van der Waals surface area (Å²) in [6.45, 7) is 2.53. The number of ether oxygens (including phenoxy) is 2. The number of aromatic hydroxyl groups is 1. The molecule has 4 heteroatoms. The molecule has 3 aliphatic heterocycles. The molecule has 3 heterocycles. The van der Waals surface area contributed by atoms with Crippen LogP contribution in [0.25, 0.3) is 0 Å². The number of piperidine rings is 1. The lowest BCUT2D eigenvalue weighted by Gasteiger charge is -2.33. The van der Waals surface area contributed by atoms with Gasteiger partial charge in [-0.2, -0.15) is 0 Å². The highest BCUT2D eigenvalue weighted by molar-refractivity contribution is 5.64. The third-order valence-electron chi connectivity index (χ3n) is 4.91. The van der Waals surface area contributed by atoms with Gasteiger partial charge >= 0.3 is 0 Å². The van der Waals surface area contributed by atoms with E-state index in [4.69, 9.17) is 9.47 Å². The highest BCUT2D eigenvalue weighted by Gasteiger charge is 2.33. The average molecular weight is 289 g/mol. The van der Waals surface area contributed by atoms with Crippen LogP contribution in [-0.4, -0.2) is 24.9 Å². The molecule has 1 unspecified atom stereocenters. The Hall–Kier alpha value is -1.42. The molecule has 2 N–H and O–H groups in total. The summed E-state index contributed by atoms with van der Waals surface area (Å²) < 4.78 is 11.8. The van der Waals surface area contributed by atoms with Gasteiger partial charge in [0.15, 0.2) is 11.5 Å². The highest BCUT2D eigenvalue weighted by Crippen LogP contribution is 2.50. The van der Waals surface area contributed by atoms with Gasteiger partial charge in [-0.15, -0.1) is 0 Å². The number of phenolic OH excluding ortho intramolecular Hbond substituents is 1. The van der Waals surface area contributed by atoms with Gasteiger partial charge in [0.1, 0.15) is 5.75 Å². The van der Waals surface area contributed by atoms with Crippen molar-refractivity contribution in [2.75, 3.05) is 19.8 Å². The monoisotopic (exact) mass is 289 g/mol. The van der Waals surface area contributed by atoms with E-state index in [1.54, 1.807) is 0 Å². The third-order valence-corrected chi connectivity index (χ3v) is 4.91. The molecule has 0 aromatic heterocycles. The van der Waals surface area contributed by atoms with Gasteiger partial charge < -0.3 is 19.9 Å². The second-order valence-electron chi connectivity index (χ2n) is 6.28. The van der Waals surface area contributed by atoms with E-state index in [1.807, 2.05) is 0 Å². The summed E-state index contributed by atoms with van der Waals surface area (Å²) in [4.78, 5) is 0. The Labute approximate surface area is 125 Å². The minimum Gasteiger partial charge on any atom is -0.504 e. The minimum absolute atomic E-state index is 0.332. The molecule has 1 atom stereocenters. The molecule has 0 spiro atoms. The van der Waals surface area contributed by atoms with Crippen LogP contribution >= 0.6 is 0 Å². The van der Waals surface area contributed by atoms with Crippen molar-refractivity contribution >= 4 is 0 Å². The van der Waals surface area contributed by atoms with Crippen LogP contribution in [0.15, 0.2) is 0 Å². The van der Waals surface area contributed by atoms with Crippen molar-refractivity contribution in [2.24, 2.45) is 0 Å². The molecule has 4 rings (SSSR count). The molecule has 21 heavy (non-hydrogen) atoms. The summed E-state index contributed by atoms with van der Waals surface area (Å²) >= 11 is 0. The molecule has 0 saturated carbocycles. The van der Waals surface area contributed by atoms with E-state index < -0.39 is 0 Å². The second-order valence-corrected chi connectivity index (χ2v) is 6.28. The van der Waals surface area contributed by atoms with E-state index in [9.17, 15) is 5.11 Å². The Kier molecular flexibility index (Phi) is 3.42. The van der Waals surface area contributed by atoms with Gasteiger partial charge in [0.05, 0.1) is 13.2 Å². The fraction of sp³-hybridized carbons (Fsp3) is 0.647. The van der Waals surface area contributed by atoms with Crippen LogP contribution in [0.1, 0.15) is 54.8 Å². The number of fused-ring (bicyclic) bond motifs is 2. The SMILES string of the molecule is Oc1c2c(c(C3CCCCN3)c3c1OCCC3)OCCC2. The second kappa shape index (κ2) is 5.41. The largest absolute Gasteiger partial charge is 0.504 e. The zero-order chi connectivity index (χ0) is 14.2. The van der Waals surface area contributed by atoms with Crippen molar-refractivity contribution in [2.45, 2.75) is 51.0 Å². The summed E-state index contributed by atoms with van der Waals surface area (Å²) in [5.41, 5.74) is 3.42. The smallest absolute Gasteiger partial charge is 0.164 e. The van der Waals surface area contributed by atoms with E-state index in [2.05, 4.69) is 5.32 Å². The van der Waals surface area contributed by atoms with Crippen LogP contribution in [0.4, 0.5) is 0 Å². The van der Waals surface area contributed by atoms with Crippen LogP contribution < -0.4 is 14.8 Å². The quantitative estimate of drug-likeness (QED) is 0.834. The summed E-state index contributed by atoms with van der Waals surface area (Å²) in [7, 11) is 0. The van der Waals surface area contributed by atoms with Crippen LogP contribution in [0.2, 0.25) is 0 Å². The van der Waals surface area contributed by atoms with E-state index in [-0.39, 0.29) is 0 Å². The zero-order valence-corrected chi connectivity index (χ0v) is 12.4. The van der Waals surface area contributed by atoms with Gasteiger partial charge in [-0.25, -0.2) is 0 Å². The van der Waals surface area contributed by atoms with Gasteiger partial charge in [0, 0.05) is 22.7 Å². The summed E-state index contributed by atoms with van der Waals surface area (Å²) in [5.74, 6) is 2.01. The van der Waals surface area contributed by atoms with Crippen LogP contribution in [0, 0.1) is 0 Å². The topological polar surface area (TPSA) is 50.7 Å². The molecule has 1 fully saturated rings. The molecule has 4 nitrogen and oxygen atoms in total. The first kappa shape index (κ1) is 13.3. The molecule has 0 bridgehead atoms. The Morgan fingerprint density at radius 3 is 2.43 bits per heavy atom. The standard InChI is InChI=1S/C17H23NO3/c19-15-12-6-4-9-20-16(12)14(13-7-1-2-8-18-13)11-5-3-10-21-17(11)15/h13,18-19H,1-10H2. The molecular formula is C17H23NO3. The Morgan fingerprint density at radius 2 is 1.67 bits per heavy atom. The fourth-order valence-electron chi connectivity index (χ4n) is 3.92. The maximum atomic E-state index is 10.6. The van der Waals surface area contributed by atoms with Gasteiger partial charge in [0.2, 0.25) is 0 Å². The molecule has 0 aliphatic carbocycles. The Balaban J connectivity index is 1.89. The molecule has 0 radical (unpaired) electrons. The maximum Gasteiger partial charge on any atom is 0.164 e. The predicted octanol–water partition coefficient (Wildman–Crippen LogP) is 2.86. The van der Waals surface area contributed by atoms with E-state index in [1.165, 1.54) is 24.0 Å². The third kappa shape index (κ3) is 2.16. The fourth-order valence-corrected chi connectivity index (χ4v) is 3.92. The molecule has 114 valence electrons. The number of rotatable bonds is 1. The predicted molar refractivity (Wildman–Crippen MR) is 80.3 cm³/mol. The van der Waals surface area contributed by atoms with E-state index in [0.29, 0.717) is 18.4 Å². The number of hydrogen-bond acceptors (Lipinski definition) is 4. The van der Waals surface area contributed by atoms with Crippen LogP contribution in [0.5, 0.6) is 17.2 Å². The molecule has 1 saturated heterocycles. The number of nitrogens with one attached hydrogen (secondary N) is 1. The first-order valence-corrected chi connectivity index (χ1v) is 8.26. The van der Waals surface area contributed by atoms with Crippen molar-refractivity contribution in [1.29, 1.82) is 0 Å². The van der Waals surface area contributed by atoms with E-state index >= 15 is 0 Å². The first-order chi connectivity index (χ1) is 10.4. The average Bonchev–Trinajstić information content (AvgIpc) is 2.56. The Morgan fingerprint density at radius 1 is 0.905 bits per heavy atom. The van der Waals surface area contributed by atoms with Crippen LogP contribution in [-0.2, 0) is 12.8 Å². The van der Waals surface area contributed by atoms with Crippen molar-refractivity contribution in [1.82, 2.24) is 5.32 Å². The normalized spacial score (nSPS) is 24.5. The molecule has 1 aromatic carbocycles. The van der Waals surface area contributed by atoms with Crippen molar-refractivity contribution in [3.8, 4) is 17.2 Å². The lowest BCUT2D eigenvalue weighted by atomic mass is 9.86.